The number of hydrogen-bond donors (Lipinski definition) is 1. The Morgan fingerprint density at radius 1 is 1.36 bits per heavy atom. The Kier molecular flexibility index (Phi) is 5.59. The highest BCUT2D eigenvalue weighted by molar-refractivity contribution is 5.92. The lowest BCUT2D eigenvalue weighted by atomic mass is 9.88. The number of methoxy groups -OCH3 is 1. The maximum atomic E-state index is 13.1. The Balaban J connectivity index is 2.27. The molecule has 1 aromatic rings. The van der Waals surface area contributed by atoms with Gasteiger partial charge in [0.05, 0.1) is 5.41 Å². The van der Waals surface area contributed by atoms with E-state index in [-0.39, 0.29) is 17.9 Å². The van der Waals surface area contributed by atoms with Gasteiger partial charge in [0.15, 0.2) is 0 Å². The molecule has 1 aliphatic rings. The Hall–Kier alpha value is -1.39. The molecule has 22 heavy (non-hydrogen) atoms. The quantitative estimate of drug-likeness (QED) is 0.801. The smallest absolute Gasteiger partial charge is 0.233 e. The van der Waals surface area contributed by atoms with Gasteiger partial charge in [0.2, 0.25) is 5.91 Å². The van der Waals surface area contributed by atoms with Gasteiger partial charge in [0.1, 0.15) is 0 Å². The van der Waals surface area contributed by atoms with Crippen molar-refractivity contribution in [1.29, 1.82) is 0 Å². The Labute approximate surface area is 133 Å². The molecule has 1 saturated carbocycles. The van der Waals surface area contributed by atoms with Crippen LogP contribution in [0.2, 0.25) is 0 Å². The fourth-order valence-electron chi connectivity index (χ4n) is 3.49. The highest BCUT2D eigenvalue weighted by Gasteiger charge is 2.63. The maximum Gasteiger partial charge on any atom is 0.233 e. The average Bonchev–Trinajstić information content (AvgIpc) is 3.31. The molecule has 0 aliphatic heterocycles. The molecule has 0 aromatic heterocycles. The Morgan fingerprint density at radius 3 is 2.55 bits per heavy atom. The molecule has 3 atom stereocenters. The summed E-state index contributed by atoms with van der Waals surface area (Å²) < 4.78 is 5.14. The first-order valence-electron chi connectivity index (χ1n) is 8.21. The van der Waals surface area contributed by atoms with Crippen molar-refractivity contribution in [2.75, 3.05) is 26.8 Å². The zero-order valence-electron chi connectivity index (χ0n) is 13.9. The first-order chi connectivity index (χ1) is 10.6. The minimum absolute atomic E-state index is 0.000307. The van der Waals surface area contributed by atoms with E-state index in [0.717, 1.165) is 31.5 Å². The lowest BCUT2D eigenvalue weighted by Gasteiger charge is -2.27. The van der Waals surface area contributed by atoms with Crippen molar-refractivity contribution >= 4 is 5.91 Å². The van der Waals surface area contributed by atoms with Crippen LogP contribution in [0.3, 0.4) is 0 Å². The van der Waals surface area contributed by atoms with Crippen molar-refractivity contribution < 1.29 is 9.53 Å². The van der Waals surface area contributed by atoms with Gasteiger partial charge in [-0.25, -0.2) is 0 Å². The topological polar surface area (TPSA) is 55.6 Å². The van der Waals surface area contributed by atoms with Crippen LogP contribution in [-0.4, -0.2) is 43.7 Å². The van der Waals surface area contributed by atoms with Gasteiger partial charge in [-0.2, -0.15) is 0 Å². The summed E-state index contributed by atoms with van der Waals surface area (Å²) in [6.07, 6.45) is 1.64. The van der Waals surface area contributed by atoms with E-state index < -0.39 is 5.41 Å². The van der Waals surface area contributed by atoms with Gasteiger partial charge in [-0.15, -0.1) is 0 Å². The number of rotatable bonds is 8. The molecule has 0 saturated heterocycles. The molecule has 2 N–H and O–H groups in total. The number of hydrogen-bond acceptors (Lipinski definition) is 3. The molecule has 0 radical (unpaired) electrons. The number of amides is 1. The van der Waals surface area contributed by atoms with Gasteiger partial charge < -0.3 is 15.4 Å². The number of nitrogens with two attached hydrogens (primary N) is 1. The Bertz CT molecular complexity index is 487. The minimum atomic E-state index is -0.430. The predicted molar refractivity (Wildman–Crippen MR) is 88.6 cm³/mol. The third kappa shape index (κ3) is 3.03. The molecule has 4 heteroatoms. The van der Waals surface area contributed by atoms with Crippen LogP contribution in [0.4, 0.5) is 0 Å². The van der Waals surface area contributed by atoms with E-state index in [1.54, 1.807) is 7.11 Å². The summed E-state index contributed by atoms with van der Waals surface area (Å²) in [6.45, 7) is 6.18. The van der Waals surface area contributed by atoms with Crippen LogP contribution in [0.5, 0.6) is 0 Å². The Morgan fingerprint density at radius 2 is 2.00 bits per heavy atom. The fraction of sp³-hybridized carbons (Fsp3) is 0.611. The van der Waals surface area contributed by atoms with Crippen LogP contribution >= 0.6 is 0 Å². The first-order valence-corrected chi connectivity index (χ1v) is 8.21. The van der Waals surface area contributed by atoms with Crippen LogP contribution in [0.25, 0.3) is 0 Å². The summed E-state index contributed by atoms with van der Waals surface area (Å²) in [5.41, 5.74) is 7.02. The van der Waals surface area contributed by atoms with E-state index in [2.05, 4.69) is 12.1 Å². The molecule has 122 valence electrons. The van der Waals surface area contributed by atoms with Crippen LogP contribution in [0.15, 0.2) is 30.3 Å². The van der Waals surface area contributed by atoms with Gasteiger partial charge in [0, 0.05) is 32.8 Å². The molecular weight excluding hydrogens is 276 g/mol. The third-order valence-corrected chi connectivity index (χ3v) is 4.91. The largest absolute Gasteiger partial charge is 0.385 e. The molecule has 0 heterocycles. The molecule has 2 rings (SSSR count). The van der Waals surface area contributed by atoms with Gasteiger partial charge in [-0.1, -0.05) is 30.3 Å². The lowest BCUT2D eigenvalue weighted by Crippen LogP contribution is -2.42. The van der Waals surface area contributed by atoms with Crippen LogP contribution in [0, 0.1) is 5.92 Å². The van der Waals surface area contributed by atoms with Crippen LogP contribution < -0.4 is 5.73 Å². The van der Waals surface area contributed by atoms with Crippen molar-refractivity contribution in [3.63, 3.8) is 0 Å². The number of carbonyl (C=O) groups is 1. The normalized spacial score (nSPS) is 24.8. The summed E-state index contributed by atoms with van der Waals surface area (Å²) in [4.78, 5) is 15.0. The van der Waals surface area contributed by atoms with Crippen LogP contribution in [-0.2, 0) is 14.9 Å². The zero-order chi connectivity index (χ0) is 16.2. The third-order valence-electron chi connectivity index (χ3n) is 4.91. The van der Waals surface area contributed by atoms with E-state index in [1.165, 1.54) is 0 Å². The van der Waals surface area contributed by atoms with Crippen molar-refractivity contribution in [1.82, 2.24) is 4.90 Å². The number of nitrogens with zero attached hydrogens (tertiary/aromatic N) is 1. The number of ether oxygens (including phenoxy) is 1. The second-order valence-electron chi connectivity index (χ2n) is 6.07. The predicted octanol–water partition coefficient (Wildman–Crippen LogP) is 2.18. The highest BCUT2D eigenvalue weighted by Crippen LogP contribution is 2.57. The zero-order valence-corrected chi connectivity index (χ0v) is 13.9. The molecule has 0 bridgehead atoms. The standard InChI is InChI=1S/C18H28N2O2/c1-4-20(5-2)17(21)18(14-9-7-6-8-10-14)13-15(18)16(19)11-12-22-3/h6-10,15-16H,4-5,11-13,19H2,1-3H3/t15-,16-,18+/m0/s1. The second-order valence-corrected chi connectivity index (χ2v) is 6.07. The van der Waals surface area contributed by atoms with E-state index in [9.17, 15) is 4.79 Å². The van der Waals surface area contributed by atoms with Gasteiger partial charge in [-0.3, -0.25) is 4.79 Å². The monoisotopic (exact) mass is 304 g/mol. The number of benzene rings is 1. The minimum Gasteiger partial charge on any atom is -0.385 e. The van der Waals surface area contributed by atoms with E-state index in [0.29, 0.717) is 6.61 Å². The van der Waals surface area contributed by atoms with Gasteiger partial charge >= 0.3 is 0 Å². The molecule has 4 nitrogen and oxygen atoms in total. The van der Waals surface area contributed by atoms with Gasteiger partial charge in [0.25, 0.3) is 0 Å². The highest BCUT2D eigenvalue weighted by atomic mass is 16.5. The molecule has 1 amide bonds. The van der Waals surface area contributed by atoms with E-state index >= 15 is 0 Å². The fourth-order valence-corrected chi connectivity index (χ4v) is 3.49. The summed E-state index contributed by atoms with van der Waals surface area (Å²) >= 11 is 0. The summed E-state index contributed by atoms with van der Waals surface area (Å²) in [5, 5.41) is 0. The summed E-state index contributed by atoms with van der Waals surface area (Å²) in [7, 11) is 1.69. The van der Waals surface area contributed by atoms with Crippen molar-refractivity contribution in [3.05, 3.63) is 35.9 Å². The number of likely N-dealkylation sites (N-methyl/N-ethyl adjacent to an activating group) is 1. The van der Waals surface area contributed by atoms with Crippen molar-refractivity contribution in [2.24, 2.45) is 11.7 Å². The van der Waals surface area contributed by atoms with Crippen molar-refractivity contribution in [2.45, 2.75) is 38.1 Å². The molecule has 0 unspecified atom stereocenters. The van der Waals surface area contributed by atoms with E-state index in [1.807, 2.05) is 36.9 Å². The maximum absolute atomic E-state index is 13.1. The molecule has 0 spiro atoms. The second kappa shape index (κ2) is 7.25. The SMILES string of the molecule is CCN(CC)C(=O)[C@@]1(c2ccccc2)C[C@H]1[C@@H](N)CCOC. The average molecular weight is 304 g/mol. The van der Waals surface area contributed by atoms with Gasteiger partial charge in [-0.05, 0) is 38.2 Å². The van der Waals surface area contributed by atoms with Crippen molar-refractivity contribution in [3.8, 4) is 0 Å². The lowest BCUT2D eigenvalue weighted by molar-refractivity contribution is -0.134. The molecule has 1 fully saturated rings. The molecule has 1 aliphatic carbocycles. The summed E-state index contributed by atoms with van der Waals surface area (Å²) in [5.74, 6) is 0.430. The summed E-state index contributed by atoms with van der Waals surface area (Å²) in [6, 6.07) is 10.1. The van der Waals surface area contributed by atoms with E-state index in [4.69, 9.17) is 10.5 Å². The molecular formula is C18H28N2O2. The van der Waals surface area contributed by atoms with Crippen LogP contribution in [0.1, 0.15) is 32.3 Å². The molecule has 1 aromatic carbocycles. The number of carbonyl (C=O) groups excluding carboxylic acids is 1. The first kappa shape index (κ1) is 17.0.